The molecule has 0 N–H and O–H groups in total. The number of rotatable bonds is 3. The topological polar surface area (TPSA) is 42.4 Å². The SMILES string of the molecule is Cc1cnc2c(c1)N(C(=O)CCc1ccc(F)cc1)CCO2. The first-order valence-electron chi connectivity index (χ1n) is 7.28. The van der Waals surface area contributed by atoms with Gasteiger partial charge in [-0.3, -0.25) is 4.79 Å². The van der Waals surface area contributed by atoms with Crippen LogP contribution in [0.5, 0.6) is 5.88 Å². The quantitative estimate of drug-likeness (QED) is 0.875. The van der Waals surface area contributed by atoms with Gasteiger partial charge in [0.25, 0.3) is 0 Å². The third-order valence-corrected chi connectivity index (χ3v) is 3.66. The van der Waals surface area contributed by atoms with E-state index in [0.29, 0.717) is 31.9 Å². The second-order valence-corrected chi connectivity index (χ2v) is 5.36. The van der Waals surface area contributed by atoms with E-state index in [1.54, 1.807) is 23.2 Å². The molecule has 3 rings (SSSR count). The summed E-state index contributed by atoms with van der Waals surface area (Å²) in [7, 11) is 0. The zero-order valence-electron chi connectivity index (χ0n) is 12.4. The lowest BCUT2D eigenvalue weighted by Gasteiger charge is -2.29. The maximum Gasteiger partial charge on any atom is 0.238 e. The molecular weight excluding hydrogens is 283 g/mol. The Balaban J connectivity index is 1.71. The van der Waals surface area contributed by atoms with E-state index in [2.05, 4.69) is 4.98 Å². The highest BCUT2D eigenvalue weighted by Crippen LogP contribution is 2.30. The lowest BCUT2D eigenvalue weighted by Crippen LogP contribution is -2.38. The first-order chi connectivity index (χ1) is 10.6. The number of aryl methyl sites for hydroxylation is 2. The third-order valence-electron chi connectivity index (χ3n) is 3.66. The maximum absolute atomic E-state index is 12.9. The summed E-state index contributed by atoms with van der Waals surface area (Å²) in [6.45, 7) is 2.91. The van der Waals surface area contributed by atoms with E-state index in [1.165, 1.54) is 12.1 Å². The van der Waals surface area contributed by atoms with E-state index >= 15 is 0 Å². The van der Waals surface area contributed by atoms with Gasteiger partial charge in [-0.05, 0) is 42.7 Å². The number of benzene rings is 1. The highest BCUT2D eigenvalue weighted by atomic mass is 19.1. The zero-order chi connectivity index (χ0) is 15.5. The summed E-state index contributed by atoms with van der Waals surface area (Å²) in [5.74, 6) is 0.270. The van der Waals surface area contributed by atoms with E-state index < -0.39 is 0 Å². The summed E-state index contributed by atoms with van der Waals surface area (Å²) in [6.07, 6.45) is 2.69. The lowest BCUT2D eigenvalue weighted by atomic mass is 10.1. The van der Waals surface area contributed by atoms with Crippen molar-refractivity contribution in [2.45, 2.75) is 19.8 Å². The van der Waals surface area contributed by atoms with E-state index in [0.717, 1.165) is 16.8 Å². The molecule has 0 fully saturated rings. The van der Waals surface area contributed by atoms with E-state index in [-0.39, 0.29) is 11.7 Å². The molecule has 0 bridgehead atoms. The summed E-state index contributed by atoms with van der Waals surface area (Å²) in [4.78, 5) is 18.4. The Kier molecular flexibility index (Phi) is 4.04. The number of hydrogen-bond donors (Lipinski definition) is 0. The summed E-state index contributed by atoms with van der Waals surface area (Å²) in [5.41, 5.74) is 2.67. The minimum Gasteiger partial charge on any atom is -0.474 e. The van der Waals surface area contributed by atoms with Gasteiger partial charge in [0.2, 0.25) is 11.8 Å². The monoisotopic (exact) mass is 300 g/mol. The van der Waals surface area contributed by atoms with Crippen molar-refractivity contribution in [2.75, 3.05) is 18.1 Å². The molecule has 1 amide bonds. The van der Waals surface area contributed by atoms with Gasteiger partial charge in [0.05, 0.1) is 6.54 Å². The minimum absolute atomic E-state index is 0.0290. The van der Waals surface area contributed by atoms with E-state index in [4.69, 9.17) is 4.74 Å². The number of amides is 1. The molecule has 4 nitrogen and oxygen atoms in total. The Bertz CT molecular complexity index is 686. The highest BCUT2D eigenvalue weighted by Gasteiger charge is 2.24. The van der Waals surface area contributed by atoms with Crippen molar-refractivity contribution in [3.8, 4) is 5.88 Å². The Morgan fingerprint density at radius 1 is 1.36 bits per heavy atom. The number of carbonyl (C=O) groups is 1. The van der Waals surface area contributed by atoms with Crippen molar-refractivity contribution in [1.82, 2.24) is 4.98 Å². The van der Waals surface area contributed by atoms with Gasteiger partial charge in [-0.2, -0.15) is 0 Å². The highest BCUT2D eigenvalue weighted by molar-refractivity contribution is 5.95. The van der Waals surface area contributed by atoms with Gasteiger partial charge in [0.1, 0.15) is 18.1 Å². The second kappa shape index (κ2) is 6.13. The Morgan fingerprint density at radius 2 is 2.14 bits per heavy atom. The van der Waals surface area contributed by atoms with Crippen molar-refractivity contribution in [2.24, 2.45) is 0 Å². The normalized spacial score (nSPS) is 13.5. The predicted octanol–water partition coefficient (Wildman–Crippen LogP) is 2.89. The molecule has 1 aliphatic rings. The summed E-state index contributed by atoms with van der Waals surface area (Å²) < 4.78 is 18.4. The number of carbonyl (C=O) groups excluding carboxylic acids is 1. The number of fused-ring (bicyclic) bond motifs is 1. The molecule has 1 aromatic carbocycles. The van der Waals surface area contributed by atoms with E-state index in [1.807, 2.05) is 13.0 Å². The first-order valence-corrected chi connectivity index (χ1v) is 7.28. The largest absolute Gasteiger partial charge is 0.474 e. The van der Waals surface area contributed by atoms with Crippen molar-refractivity contribution in [3.05, 3.63) is 53.5 Å². The predicted molar refractivity (Wildman–Crippen MR) is 81.5 cm³/mol. The molecule has 0 radical (unpaired) electrons. The van der Waals surface area contributed by atoms with Crippen LogP contribution in [0.4, 0.5) is 10.1 Å². The standard InChI is InChI=1S/C17H17FN2O2/c1-12-10-15-17(19-11-12)22-9-8-20(15)16(21)7-4-13-2-5-14(18)6-3-13/h2-3,5-6,10-11H,4,7-9H2,1H3. The van der Waals surface area contributed by atoms with Gasteiger partial charge in [-0.1, -0.05) is 12.1 Å². The maximum atomic E-state index is 12.9. The molecule has 5 heteroatoms. The fourth-order valence-electron chi connectivity index (χ4n) is 2.50. The number of hydrogen-bond acceptors (Lipinski definition) is 3. The number of halogens is 1. The van der Waals surface area contributed by atoms with Gasteiger partial charge >= 0.3 is 0 Å². The number of nitrogens with zero attached hydrogens (tertiary/aromatic N) is 2. The van der Waals surface area contributed by atoms with Gasteiger partial charge in [0, 0.05) is 12.6 Å². The van der Waals surface area contributed by atoms with Crippen molar-refractivity contribution < 1.29 is 13.9 Å². The molecular formula is C17H17FN2O2. The van der Waals surface area contributed by atoms with Crippen LogP contribution in [-0.4, -0.2) is 24.0 Å². The van der Waals surface area contributed by atoms with Gasteiger partial charge in [0.15, 0.2) is 0 Å². The summed E-state index contributed by atoms with van der Waals surface area (Å²) in [6, 6.07) is 8.16. The smallest absolute Gasteiger partial charge is 0.238 e. The number of anilines is 1. The first kappa shape index (κ1) is 14.5. The van der Waals surface area contributed by atoms with Crippen molar-refractivity contribution >= 4 is 11.6 Å². The number of pyridine rings is 1. The fourth-order valence-corrected chi connectivity index (χ4v) is 2.50. The number of aromatic nitrogens is 1. The average molecular weight is 300 g/mol. The molecule has 1 aliphatic heterocycles. The van der Waals surface area contributed by atoms with Crippen LogP contribution in [0.25, 0.3) is 0 Å². The molecule has 2 aromatic rings. The molecule has 22 heavy (non-hydrogen) atoms. The van der Waals surface area contributed by atoms with Crippen LogP contribution in [0.3, 0.4) is 0 Å². The summed E-state index contributed by atoms with van der Waals surface area (Å²) in [5, 5.41) is 0. The Hall–Kier alpha value is -2.43. The lowest BCUT2D eigenvalue weighted by molar-refractivity contribution is -0.118. The van der Waals surface area contributed by atoms with Gasteiger partial charge in [-0.15, -0.1) is 0 Å². The molecule has 0 saturated carbocycles. The fraction of sp³-hybridized carbons (Fsp3) is 0.294. The van der Waals surface area contributed by atoms with Crippen molar-refractivity contribution in [3.63, 3.8) is 0 Å². The molecule has 114 valence electrons. The third kappa shape index (κ3) is 3.08. The van der Waals surface area contributed by atoms with Crippen LogP contribution in [-0.2, 0) is 11.2 Å². The van der Waals surface area contributed by atoms with Crippen LogP contribution < -0.4 is 9.64 Å². The van der Waals surface area contributed by atoms with Crippen LogP contribution in [0.1, 0.15) is 17.5 Å². The van der Waals surface area contributed by atoms with Crippen LogP contribution in [0.15, 0.2) is 36.5 Å². The summed E-state index contributed by atoms with van der Waals surface area (Å²) >= 11 is 0. The Labute approximate surface area is 128 Å². The number of ether oxygens (including phenoxy) is 1. The van der Waals surface area contributed by atoms with Crippen LogP contribution in [0, 0.1) is 12.7 Å². The van der Waals surface area contributed by atoms with Crippen LogP contribution in [0.2, 0.25) is 0 Å². The molecule has 0 spiro atoms. The minimum atomic E-state index is -0.265. The molecule has 2 heterocycles. The van der Waals surface area contributed by atoms with Crippen molar-refractivity contribution in [1.29, 1.82) is 0 Å². The Morgan fingerprint density at radius 3 is 2.91 bits per heavy atom. The zero-order valence-corrected chi connectivity index (χ0v) is 12.4. The van der Waals surface area contributed by atoms with E-state index in [9.17, 15) is 9.18 Å². The molecule has 1 aromatic heterocycles. The van der Waals surface area contributed by atoms with Gasteiger partial charge in [-0.25, -0.2) is 9.37 Å². The second-order valence-electron chi connectivity index (χ2n) is 5.36. The molecule has 0 aliphatic carbocycles. The molecule has 0 unspecified atom stereocenters. The average Bonchev–Trinajstić information content (AvgIpc) is 2.53. The van der Waals surface area contributed by atoms with Gasteiger partial charge < -0.3 is 9.64 Å². The van der Waals surface area contributed by atoms with Crippen LogP contribution >= 0.6 is 0 Å². The molecule has 0 saturated heterocycles. The molecule has 0 atom stereocenters.